The quantitative estimate of drug-likeness (QED) is 0.215. The smallest absolute Gasteiger partial charge is 0.162 e. The topological polar surface area (TPSA) is 43.4 Å². The van der Waals surface area contributed by atoms with Gasteiger partial charge in [-0.1, -0.05) is 84.2 Å². The first-order chi connectivity index (χ1) is 20.8. The molecule has 0 N–H and O–H groups in total. The summed E-state index contributed by atoms with van der Waals surface area (Å²) in [4.78, 5) is 27.4. The lowest BCUT2D eigenvalue weighted by atomic mass is 9.63. The van der Waals surface area contributed by atoms with Crippen molar-refractivity contribution >= 4 is 17.3 Å². The molecule has 0 amide bonds. The Balaban J connectivity index is 1.51. The Hall–Kier alpha value is -3.08. The summed E-state index contributed by atoms with van der Waals surface area (Å²) in [6, 6.07) is 13.5. The van der Waals surface area contributed by atoms with E-state index in [9.17, 15) is 18.4 Å². The van der Waals surface area contributed by atoms with Crippen LogP contribution in [-0.2, 0) is 19.7 Å². The molecule has 2 aromatic carbocycles. The van der Waals surface area contributed by atoms with Crippen molar-refractivity contribution in [2.75, 3.05) is 6.61 Å². The minimum absolute atomic E-state index is 0.0406. The van der Waals surface area contributed by atoms with Gasteiger partial charge in [-0.3, -0.25) is 9.59 Å². The molecule has 44 heavy (non-hydrogen) atoms. The molecule has 1 aliphatic heterocycles. The highest BCUT2D eigenvalue weighted by molar-refractivity contribution is 6.00. The standard InChI is InChI=1S/C39H50F2O3/c1-6-39(21-17-30-14-10-11-20-37(30,2)3,27-32(42)26-38(4,5)29-12-8-7-9-13-29)22-18-35(43)28-19-23-44-36(24-28)33-16-15-31(40)25-34(33)41/h7-9,12-13,15-16,19,24-25,30H,6,10-11,14,17-18,20-23,26-27H2,1-5H3/t30-,39?/m1/s1. The second-order valence-electron chi connectivity index (χ2n) is 14.5. The molecule has 4 rings (SSSR count). The van der Waals surface area contributed by atoms with Gasteiger partial charge >= 0.3 is 0 Å². The fourth-order valence-corrected chi connectivity index (χ4v) is 7.35. The summed E-state index contributed by atoms with van der Waals surface area (Å²) in [6.45, 7) is 11.3. The van der Waals surface area contributed by atoms with Crippen molar-refractivity contribution in [3.63, 3.8) is 0 Å². The predicted octanol–water partition coefficient (Wildman–Crippen LogP) is 10.3. The highest BCUT2D eigenvalue weighted by Gasteiger charge is 2.38. The van der Waals surface area contributed by atoms with Gasteiger partial charge in [-0.15, -0.1) is 0 Å². The molecule has 3 nitrogen and oxygen atoms in total. The van der Waals surface area contributed by atoms with E-state index in [1.807, 2.05) is 18.2 Å². The van der Waals surface area contributed by atoms with Gasteiger partial charge in [0.2, 0.25) is 0 Å². The lowest BCUT2D eigenvalue weighted by molar-refractivity contribution is -0.124. The van der Waals surface area contributed by atoms with E-state index in [0.29, 0.717) is 37.2 Å². The fourth-order valence-electron chi connectivity index (χ4n) is 7.35. The molecule has 238 valence electrons. The molecular formula is C39H50F2O3. The normalized spacial score (nSPS) is 19.8. The van der Waals surface area contributed by atoms with Gasteiger partial charge in [-0.25, -0.2) is 8.78 Å². The molecule has 0 spiro atoms. The maximum atomic E-state index is 14.5. The zero-order valence-corrected chi connectivity index (χ0v) is 27.3. The second kappa shape index (κ2) is 14.3. The van der Waals surface area contributed by atoms with Crippen molar-refractivity contribution in [1.82, 2.24) is 0 Å². The molecule has 1 unspecified atom stereocenters. The fraction of sp³-hybridized carbons (Fsp3) is 0.538. The van der Waals surface area contributed by atoms with Crippen LogP contribution in [0.1, 0.15) is 116 Å². The molecule has 1 heterocycles. The monoisotopic (exact) mass is 604 g/mol. The Morgan fingerprint density at radius 2 is 1.75 bits per heavy atom. The van der Waals surface area contributed by atoms with Crippen molar-refractivity contribution in [3.05, 3.63) is 89.0 Å². The SMILES string of the molecule is CCC(CCC(=O)C1=CCOC(c2ccc(F)cc2F)=C1)(CC[C@H]1CCCCC1(C)C)CC(=O)CC(C)(C)c1ccccc1. The van der Waals surface area contributed by atoms with Crippen LogP contribution in [0.4, 0.5) is 8.78 Å². The summed E-state index contributed by atoms with van der Waals surface area (Å²) in [5.41, 5.74) is 1.51. The average molecular weight is 605 g/mol. The maximum Gasteiger partial charge on any atom is 0.162 e. The second-order valence-corrected chi connectivity index (χ2v) is 14.5. The van der Waals surface area contributed by atoms with E-state index < -0.39 is 11.6 Å². The van der Waals surface area contributed by atoms with Crippen LogP contribution in [0.2, 0.25) is 0 Å². The molecule has 0 bridgehead atoms. The van der Waals surface area contributed by atoms with Crippen molar-refractivity contribution in [2.45, 2.75) is 111 Å². The number of carbonyl (C=O) groups is 2. The van der Waals surface area contributed by atoms with E-state index in [0.717, 1.165) is 30.9 Å². The Morgan fingerprint density at radius 3 is 2.43 bits per heavy atom. The van der Waals surface area contributed by atoms with Crippen LogP contribution >= 0.6 is 0 Å². The van der Waals surface area contributed by atoms with E-state index in [1.54, 1.807) is 12.2 Å². The Morgan fingerprint density at radius 1 is 1.00 bits per heavy atom. The molecule has 0 radical (unpaired) electrons. The number of rotatable bonds is 14. The largest absolute Gasteiger partial charge is 0.489 e. The van der Waals surface area contributed by atoms with E-state index in [-0.39, 0.29) is 45.7 Å². The summed E-state index contributed by atoms with van der Waals surface area (Å²) < 4.78 is 33.5. The number of Topliss-reactive ketones (excluding diaryl/α,β-unsaturated/α-hetero) is 2. The van der Waals surface area contributed by atoms with Crippen molar-refractivity contribution in [1.29, 1.82) is 0 Å². The number of hydrogen-bond acceptors (Lipinski definition) is 3. The number of carbonyl (C=O) groups excluding carboxylic acids is 2. The first-order valence-electron chi connectivity index (χ1n) is 16.4. The molecule has 2 aliphatic rings. The third kappa shape index (κ3) is 8.55. The molecule has 2 aromatic rings. The molecule has 5 heteroatoms. The van der Waals surface area contributed by atoms with E-state index >= 15 is 0 Å². The molecular weight excluding hydrogens is 554 g/mol. The zero-order valence-electron chi connectivity index (χ0n) is 27.3. The number of hydrogen-bond donors (Lipinski definition) is 0. The Labute approximate surface area is 263 Å². The van der Waals surface area contributed by atoms with E-state index in [2.05, 4.69) is 46.8 Å². The molecule has 2 atom stereocenters. The Bertz CT molecular complexity index is 1370. The van der Waals surface area contributed by atoms with Crippen LogP contribution in [-0.4, -0.2) is 18.2 Å². The Kier molecular flexibility index (Phi) is 11.0. The van der Waals surface area contributed by atoms with Gasteiger partial charge in [0.25, 0.3) is 0 Å². The van der Waals surface area contributed by atoms with Gasteiger partial charge in [0, 0.05) is 30.9 Å². The highest BCUT2D eigenvalue weighted by atomic mass is 19.1. The van der Waals surface area contributed by atoms with E-state index in [4.69, 9.17) is 4.74 Å². The van der Waals surface area contributed by atoms with E-state index in [1.165, 1.54) is 37.8 Å². The highest BCUT2D eigenvalue weighted by Crippen LogP contribution is 2.47. The number of benzene rings is 2. The summed E-state index contributed by atoms with van der Waals surface area (Å²) in [5, 5.41) is 0. The minimum atomic E-state index is -0.725. The zero-order chi connectivity index (χ0) is 32.0. The van der Waals surface area contributed by atoms with Crippen LogP contribution in [0.5, 0.6) is 0 Å². The van der Waals surface area contributed by atoms with Crippen LogP contribution in [0.3, 0.4) is 0 Å². The summed E-state index contributed by atoms with van der Waals surface area (Å²) in [7, 11) is 0. The number of ether oxygens (including phenoxy) is 1. The van der Waals surface area contributed by atoms with Gasteiger partial charge < -0.3 is 4.74 Å². The molecule has 0 saturated heterocycles. The lowest BCUT2D eigenvalue weighted by Gasteiger charge is -2.42. The van der Waals surface area contributed by atoms with Gasteiger partial charge in [-0.2, -0.15) is 0 Å². The van der Waals surface area contributed by atoms with Crippen LogP contribution < -0.4 is 0 Å². The maximum absolute atomic E-state index is 14.5. The number of halogens is 2. The van der Waals surface area contributed by atoms with Gasteiger partial charge in [0.05, 0.1) is 5.56 Å². The van der Waals surface area contributed by atoms with Gasteiger partial charge in [0.15, 0.2) is 5.78 Å². The summed E-state index contributed by atoms with van der Waals surface area (Å²) >= 11 is 0. The van der Waals surface area contributed by atoms with Gasteiger partial charge in [0.1, 0.15) is 29.8 Å². The first-order valence-corrected chi connectivity index (χ1v) is 16.4. The first kappa shape index (κ1) is 33.8. The third-order valence-corrected chi connectivity index (χ3v) is 10.5. The molecule has 0 aromatic heterocycles. The van der Waals surface area contributed by atoms with Crippen LogP contribution in [0.15, 0.2) is 66.3 Å². The molecule has 1 saturated carbocycles. The third-order valence-electron chi connectivity index (χ3n) is 10.5. The number of ketones is 2. The average Bonchev–Trinajstić information content (AvgIpc) is 2.99. The molecule has 1 aliphatic carbocycles. The van der Waals surface area contributed by atoms with Crippen LogP contribution in [0, 0.1) is 28.4 Å². The van der Waals surface area contributed by atoms with Crippen molar-refractivity contribution < 1.29 is 23.1 Å². The number of allylic oxidation sites excluding steroid dienone is 2. The predicted molar refractivity (Wildman–Crippen MR) is 174 cm³/mol. The summed E-state index contributed by atoms with van der Waals surface area (Å²) in [6.07, 6.45) is 12.9. The van der Waals surface area contributed by atoms with Crippen LogP contribution in [0.25, 0.3) is 5.76 Å². The van der Waals surface area contributed by atoms with Crippen molar-refractivity contribution in [3.8, 4) is 0 Å². The molecule has 1 fully saturated rings. The summed E-state index contributed by atoms with van der Waals surface area (Å²) in [5.74, 6) is -0.339. The minimum Gasteiger partial charge on any atom is -0.489 e. The van der Waals surface area contributed by atoms with Gasteiger partial charge in [-0.05, 0) is 84.1 Å². The van der Waals surface area contributed by atoms with Crippen molar-refractivity contribution in [2.24, 2.45) is 16.7 Å². The lowest BCUT2D eigenvalue weighted by Crippen LogP contribution is -2.32.